The highest BCUT2D eigenvalue weighted by molar-refractivity contribution is 7.88. The molecule has 8 heteroatoms. The van der Waals surface area contributed by atoms with E-state index in [9.17, 15) is 13.2 Å². The van der Waals surface area contributed by atoms with E-state index in [1.54, 1.807) is 20.8 Å². The summed E-state index contributed by atoms with van der Waals surface area (Å²) in [5, 5.41) is 12.3. The molecule has 0 saturated carbocycles. The lowest BCUT2D eigenvalue weighted by Crippen LogP contribution is -2.41. The number of hydrogen-bond donors (Lipinski definition) is 1. The Hall–Kier alpha value is -1.41. The van der Waals surface area contributed by atoms with E-state index in [-0.39, 0.29) is 11.4 Å². The summed E-state index contributed by atoms with van der Waals surface area (Å²) >= 11 is 0. The third-order valence-electron chi connectivity index (χ3n) is 2.23. The Kier molecular flexibility index (Phi) is 4.47. The first-order valence-corrected chi connectivity index (χ1v) is 6.97. The van der Waals surface area contributed by atoms with Gasteiger partial charge < -0.3 is 9.63 Å². The van der Waals surface area contributed by atoms with Crippen LogP contribution in [0.25, 0.3) is 0 Å². The maximum atomic E-state index is 12.1. The fourth-order valence-electron chi connectivity index (χ4n) is 1.49. The number of sulfonamides is 1. The maximum absolute atomic E-state index is 12.1. The van der Waals surface area contributed by atoms with Gasteiger partial charge in [0.15, 0.2) is 0 Å². The second-order valence-electron chi connectivity index (χ2n) is 4.22. The van der Waals surface area contributed by atoms with Crippen molar-refractivity contribution in [2.45, 2.75) is 32.6 Å². The molecule has 1 rings (SSSR count). The highest BCUT2D eigenvalue weighted by atomic mass is 32.2. The van der Waals surface area contributed by atoms with E-state index in [1.165, 1.54) is 6.07 Å². The average Bonchev–Trinajstić information content (AvgIpc) is 2.58. The lowest BCUT2D eigenvalue weighted by Gasteiger charge is -2.23. The van der Waals surface area contributed by atoms with Crippen LogP contribution in [0.15, 0.2) is 10.6 Å². The molecule has 0 aliphatic carbocycles. The van der Waals surface area contributed by atoms with Crippen LogP contribution >= 0.6 is 0 Å². The topological polar surface area (TPSA) is 101 Å². The van der Waals surface area contributed by atoms with Gasteiger partial charge in [-0.1, -0.05) is 5.16 Å². The van der Waals surface area contributed by atoms with E-state index in [1.807, 2.05) is 0 Å². The van der Waals surface area contributed by atoms with Crippen molar-refractivity contribution in [3.05, 3.63) is 17.5 Å². The molecular formula is C10H16N2O5S. The molecule has 0 radical (unpaired) electrons. The number of carboxylic acid groups (broad SMARTS) is 1. The predicted molar refractivity (Wildman–Crippen MR) is 63.3 cm³/mol. The van der Waals surface area contributed by atoms with Gasteiger partial charge in [0, 0.05) is 12.1 Å². The molecule has 0 aliphatic rings. The summed E-state index contributed by atoms with van der Waals surface area (Å²) in [5.41, 5.74) is 0.267. The van der Waals surface area contributed by atoms with Crippen LogP contribution in [0, 0.1) is 6.92 Å². The zero-order chi connectivity index (χ0) is 13.9. The number of carboxylic acids is 1. The number of aryl methyl sites for hydroxylation is 1. The number of hydrogen-bond acceptors (Lipinski definition) is 5. The number of rotatable bonds is 6. The van der Waals surface area contributed by atoms with Crippen molar-refractivity contribution in [3.8, 4) is 0 Å². The van der Waals surface area contributed by atoms with Crippen LogP contribution in [0.3, 0.4) is 0 Å². The van der Waals surface area contributed by atoms with Crippen LogP contribution in [0.2, 0.25) is 0 Å². The molecule has 0 amide bonds. The molecule has 0 unspecified atom stereocenters. The average molecular weight is 276 g/mol. The fourth-order valence-corrected chi connectivity index (χ4v) is 3.12. The third kappa shape index (κ3) is 3.81. The zero-order valence-electron chi connectivity index (χ0n) is 10.5. The minimum Gasteiger partial charge on any atom is -0.480 e. The molecule has 18 heavy (non-hydrogen) atoms. The van der Waals surface area contributed by atoms with Gasteiger partial charge >= 0.3 is 5.97 Å². The number of aromatic nitrogens is 1. The SMILES string of the molecule is Cc1cc(CS(=O)(=O)N(CC(=O)O)C(C)C)no1. The lowest BCUT2D eigenvalue weighted by molar-refractivity contribution is -0.137. The van der Waals surface area contributed by atoms with Gasteiger partial charge in [0.25, 0.3) is 0 Å². The molecule has 0 atom stereocenters. The first-order valence-electron chi connectivity index (χ1n) is 5.36. The van der Waals surface area contributed by atoms with E-state index in [0.717, 1.165) is 4.31 Å². The number of aliphatic carboxylic acids is 1. The smallest absolute Gasteiger partial charge is 0.318 e. The van der Waals surface area contributed by atoms with Crippen LogP contribution in [0.5, 0.6) is 0 Å². The van der Waals surface area contributed by atoms with Crippen molar-refractivity contribution in [1.82, 2.24) is 9.46 Å². The molecular weight excluding hydrogens is 260 g/mol. The Morgan fingerprint density at radius 1 is 1.56 bits per heavy atom. The molecule has 0 bridgehead atoms. The van der Waals surface area contributed by atoms with E-state index < -0.39 is 28.6 Å². The Balaban J connectivity index is 2.91. The largest absolute Gasteiger partial charge is 0.480 e. The van der Waals surface area contributed by atoms with Crippen LogP contribution in [0.1, 0.15) is 25.3 Å². The van der Waals surface area contributed by atoms with Gasteiger partial charge in [-0.2, -0.15) is 4.31 Å². The highest BCUT2D eigenvalue weighted by Gasteiger charge is 2.28. The first-order chi connectivity index (χ1) is 8.22. The minimum absolute atomic E-state index is 0.267. The Morgan fingerprint density at radius 3 is 2.56 bits per heavy atom. The van der Waals surface area contributed by atoms with Crippen molar-refractivity contribution in [1.29, 1.82) is 0 Å². The molecule has 7 nitrogen and oxygen atoms in total. The summed E-state index contributed by atoms with van der Waals surface area (Å²) < 4.78 is 29.8. The van der Waals surface area contributed by atoms with Crippen LogP contribution in [-0.2, 0) is 20.6 Å². The van der Waals surface area contributed by atoms with Gasteiger partial charge in [-0.25, -0.2) is 8.42 Å². The summed E-state index contributed by atoms with van der Waals surface area (Å²) in [4.78, 5) is 10.7. The third-order valence-corrected chi connectivity index (χ3v) is 4.16. The highest BCUT2D eigenvalue weighted by Crippen LogP contribution is 2.13. The van der Waals surface area contributed by atoms with E-state index in [4.69, 9.17) is 9.63 Å². The number of carbonyl (C=O) groups is 1. The van der Waals surface area contributed by atoms with Crippen molar-refractivity contribution < 1.29 is 22.8 Å². The molecule has 1 aromatic rings. The minimum atomic E-state index is -3.73. The van der Waals surface area contributed by atoms with Gasteiger partial charge in [0.2, 0.25) is 10.0 Å². The Morgan fingerprint density at radius 2 is 2.17 bits per heavy atom. The van der Waals surface area contributed by atoms with E-state index in [2.05, 4.69) is 5.16 Å². The summed E-state index contributed by atoms with van der Waals surface area (Å²) in [6.07, 6.45) is 0. The van der Waals surface area contributed by atoms with Crippen LogP contribution in [0.4, 0.5) is 0 Å². The molecule has 0 saturated heterocycles. The summed E-state index contributed by atoms with van der Waals surface area (Å²) in [5.74, 6) is -1.05. The second kappa shape index (κ2) is 5.49. The van der Waals surface area contributed by atoms with Gasteiger partial charge in [0.05, 0.1) is 0 Å². The molecule has 1 aromatic heterocycles. The number of nitrogens with zero attached hydrogens (tertiary/aromatic N) is 2. The monoisotopic (exact) mass is 276 g/mol. The van der Waals surface area contributed by atoms with Crippen molar-refractivity contribution in [2.24, 2.45) is 0 Å². The van der Waals surface area contributed by atoms with Crippen molar-refractivity contribution in [3.63, 3.8) is 0 Å². The maximum Gasteiger partial charge on any atom is 0.318 e. The second-order valence-corrected chi connectivity index (χ2v) is 6.14. The van der Waals surface area contributed by atoms with E-state index >= 15 is 0 Å². The quantitative estimate of drug-likeness (QED) is 0.816. The molecule has 0 aromatic carbocycles. The summed E-state index contributed by atoms with van der Waals surface area (Å²) in [6, 6.07) is 1.08. The normalized spacial score (nSPS) is 12.3. The van der Waals surface area contributed by atoms with Crippen LogP contribution in [-0.4, -0.2) is 41.5 Å². The fraction of sp³-hybridized carbons (Fsp3) is 0.600. The molecule has 1 N–H and O–H groups in total. The van der Waals surface area contributed by atoms with Gasteiger partial charge in [-0.05, 0) is 20.8 Å². The Labute approximate surface area is 105 Å². The Bertz CT molecular complexity index is 520. The van der Waals surface area contributed by atoms with E-state index in [0.29, 0.717) is 5.76 Å². The first kappa shape index (κ1) is 14.7. The molecule has 0 aliphatic heterocycles. The van der Waals surface area contributed by atoms with Crippen LogP contribution < -0.4 is 0 Å². The van der Waals surface area contributed by atoms with Crippen molar-refractivity contribution >= 4 is 16.0 Å². The molecule has 102 valence electrons. The van der Waals surface area contributed by atoms with Gasteiger partial charge in [-0.15, -0.1) is 0 Å². The molecule has 0 spiro atoms. The van der Waals surface area contributed by atoms with Gasteiger partial charge in [0.1, 0.15) is 23.8 Å². The standard InChI is InChI=1S/C10H16N2O5S/c1-7(2)12(5-10(13)14)18(15,16)6-9-4-8(3)17-11-9/h4,7H,5-6H2,1-3H3,(H,13,14). The van der Waals surface area contributed by atoms with Crippen molar-refractivity contribution in [2.75, 3.05) is 6.54 Å². The zero-order valence-corrected chi connectivity index (χ0v) is 11.3. The molecule has 0 fully saturated rings. The summed E-state index contributed by atoms with van der Waals surface area (Å²) in [6.45, 7) is 4.33. The lowest BCUT2D eigenvalue weighted by atomic mass is 10.4. The predicted octanol–water partition coefficient (Wildman–Crippen LogP) is 0.608. The molecule has 1 heterocycles. The van der Waals surface area contributed by atoms with Gasteiger partial charge in [-0.3, -0.25) is 4.79 Å². The summed E-state index contributed by atoms with van der Waals surface area (Å²) in [7, 11) is -3.73.